The summed E-state index contributed by atoms with van der Waals surface area (Å²) in [6.45, 7) is 14.9. The normalized spacial score (nSPS) is 15.1. The largest absolute Gasteiger partial charge is 0.598 e. The molecule has 0 bridgehead atoms. The van der Waals surface area contributed by atoms with Gasteiger partial charge < -0.3 is 19.0 Å². The van der Waals surface area contributed by atoms with Crippen molar-refractivity contribution in [1.82, 2.24) is 14.3 Å². The van der Waals surface area contributed by atoms with Gasteiger partial charge in [-0.1, -0.05) is 19.6 Å². The van der Waals surface area contributed by atoms with Gasteiger partial charge in [0.1, 0.15) is 22.9 Å². The van der Waals surface area contributed by atoms with Crippen LogP contribution in [0.5, 0.6) is 0 Å². The molecule has 2 atom stereocenters. The summed E-state index contributed by atoms with van der Waals surface area (Å²) in [6, 6.07) is 3.64. The lowest BCUT2D eigenvalue weighted by molar-refractivity contribution is 0.0850. The van der Waals surface area contributed by atoms with Crippen molar-refractivity contribution in [2.24, 2.45) is 0 Å². The Morgan fingerprint density at radius 1 is 1.34 bits per heavy atom. The highest BCUT2D eigenvalue weighted by molar-refractivity contribution is 7.90. The Morgan fingerprint density at radius 2 is 2.00 bits per heavy atom. The molecule has 29 heavy (non-hydrogen) atoms. The second kappa shape index (κ2) is 9.45. The number of aliphatic hydroxyl groups excluding tert-OH is 1. The van der Waals surface area contributed by atoms with E-state index in [2.05, 4.69) is 29.3 Å². The van der Waals surface area contributed by atoms with Crippen LogP contribution in [-0.4, -0.2) is 38.6 Å². The third-order valence-corrected chi connectivity index (χ3v) is 7.95. The lowest BCUT2D eigenvalue weighted by atomic mass is 10.2. The van der Waals surface area contributed by atoms with E-state index >= 15 is 0 Å². The molecule has 0 amide bonds. The van der Waals surface area contributed by atoms with Crippen LogP contribution in [0.15, 0.2) is 12.1 Å². The molecule has 6 nitrogen and oxygen atoms in total. The summed E-state index contributed by atoms with van der Waals surface area (Å²) in [5.41, 5.74) is 1.37. The summed E-state index contributed by atoms with van der Waals surface area (Å²) in [6.07, 6.45) is 0. The van der Waals surface area contributed by atoms with Gasteiger partial charge in [-0.3, -0.25) is 0 Å². The first kappa shape index (κ1) is 24.3. The van der Waals surface area contributed by atoms with Crippen LogP contribution < -0.4 is 4.72 Å². The highest BCUT2D eigenvalue weighted by Gasteiger charge is 2.30. The highest BCUT2D eigenvalue weighted by atomic mass is 32.2. The highest BCUT2D eigenvalue weighted by Crippen LogP contribution is 2.26. The van der Waals surface area contributed by atoms with Crippen molar-refractivity contribution in [3.8, 4) is 0 Å². The molecule has 164 valence electrons. The first-order chi connectivity index (χ1) is 13.3. The maximum Gasteiger partial charge on any atom is 0.147 e. The molecule has 0 saturated carbocycles. The molecule has 0 radical (unpaired) electrons. The maximum atomic E-state index is 14.7. The number of fused-ring (bicyclic) bond motifs is 1. The number of pyridine rings is 1. The number of nitrogens with one attached hydrogen (secondary N) is 1. The lowest BCUT2D eigenvalue weighted by Gasteiger charge is -2.26. The van der Waals surface area contributed by atoms with Crippen LogP contribution in [0.1, 0.15) is 45.1 Å². The number of aliphatic hydroxyl groups is 1. The number of ether oxygens (including phenoxy) is 1. The SMILES string of the molecule is C[C@@H](N[S@@+]([O-])C(C)(C)C)c1nc2c(cc1F)cc(CO)n2COCC[Si](C)(C)C. The number of nitrogens with zero attached hydrogens (tertiary/aromatic N) is 2. The average Bonchev–Trinajstić information content (AvgIpc) is 2.92. The molecule has 2 heterocycles. The van der Waals surface area contributed by atoms with Gasteiger partial charge >= 0.3 is 0 Å². The quantitative estimate of drug-likeness (QED) is 0.346. The molecule has 0 fully saturated rings. The molecule has 0 spiro atoms. The van der Waals surface area contributed by atoms with E-state index in [1.807, 2.05) is 20.8 Å². The molecule has 0 aliphatic rings. The fourth-order valence-electron chi connectivity index (χ4n) is 2.73. The molecular formula is C20H34FN3O3SSi. The second-order valence-corrected chi connectivity index (χ2v) is 17.2. The minimum atomic E-state index is -1.35. The van der Waals surface area contributed by atoms with E-state index in [4.69, 9.17) is 4.74 Å². The van der Waals surface area contributed by atoms with E-state index < -0.39 is 36.0 Å². The van der Waals surface area contributed by atoms with E-state index in [1.165, 1.54) is 6.07 Å². The minimum Gasteiger partial charge on any atom is -0.598 e. The number of hydrogen-bond acceptors (Lipinski definition) is 5. The summed E-state index contributed by atoms with van der Waals surface area (Å²) >= 11 is -1.35. The summed E-state index contributed by atoms with van der Waals surface area (Å²) in [5, 5.41) is 10.3. The van der Waals surface area contributed by atoms with Crippen LogP contribution in [0, 0.1) is 5.82 Å². The first-order valence-electron chi connectivity index (χ1n) is 9.88. The Labute approximate surface area is 177 Å². The monoisotopic (exact) mass is 443 g/mol. The lowest BCUT2D eigenvalue weighted by Crippen LogP contribution is -2.41. The van der Waals surface area contributed by atoms with E-state index in [0.29, 0.717) is 23.3 Å². The second-order valence-electron chi connectivity index (χ2n) is 9.56. The topological polar surface area (TPSA) is 82.4 Å². The minimum absolute atomic E-state index is 0.188. The van der Waals surface area contributed by atoms with Crippen molar-refractivity contribution >= 4 is 30.5 Å². The number of hydrogen-bond donors (Lipinski definition) is 2. The third kappa shape index (κ3) is 6.50. The molecule has 9 heteroatoms. The molecule has 2 N–H and O–H groups in total. The smallest absolute Gasteiger partial charge is 0.147 e. The fraction of sp³-hybridized carbons (Fsp3) is 0.650. The Bertz CT molecular complexity index is 833. The fourth-order valence-corrected chi connectivity index (χ4v) is 4.27. The number of halogens is 1. The van der Waals surface area contributed by atoms with Gasteiger partial charge in [0.05, 0.1) is 18.3 Å². The van der Waals surface area contributed by atoms with E-state index in [9.17, 15) is 14.0 Å². The Balaban J connectivity index is 2.29. The Hall–Kier alpha value is -0.973. The molecule has 2 aromatic rings. The van der Waals surface area contributed by atoms with Crippen LogP contribution in [-0.2, 0) is 29.4 Å². The van der Waals surface area contributed by atoms with E-state index in [1.54, 1.807) is 17.6 Å². The predicted octanol–water partition coefficient (Wildman–Crippen LogP) is 4.09. The van der Waals surface area contributed by atoms with Crippen LogP contribution in [0.4, 0.5) is 4.39 Å². The number of aromatic nitrogens is 2. The maximum absolute atomic E-state index is 14.7. The zero-order chi connectivity index (χ0) is 22.0. The first-order valence-corrected chi connectivity index (χ1v) is 14.7. The molecule has 0 aliphatic carbocycles. The van der Waals surface area contributed by atoms with E-state index in [0.717, 1.165) is 6.04 Å². The summed E-state index contributed by atoms with van der Waals surface area (Å²) < 4.78 is 37.2. The van der Waals surface area contributed by atoms with Crippen molar-refractivity contribution in [1.29, 1.82) is 0 Å². The number of rotatable bonds is 9. The molecule has 0 aliphatic heterocycles. The Morgan fingerprint density at radius 3 is 2.55 bits per heavy atom. The zero-order valence-corrected chi connectivity index (χ0v) is 20.3. The van der Waals surface area contributed by atoms with Gasteiger partial charge in [0.15, 0.2) is 0 Å². The van der Waals surface area contributed by atoms with Gasteiger partial charge in [-0.2, -0.15) is 0 Å². The van der Waals surface area contributed by atoms with Gasteiger partial charge in [0, 0.05) is 37.1 Å². The summed E-state index contributed by atoms with van der Waals surface area (Å²) in [7, 11) is -1.20. The van der Waals surface area contributed by atoms with Crippen LogP contribution >= 0.6 is 0 Å². The van der Waals surface area contributed by atoms with Crippen molar-refractivity contribution in [3.05, 3.63) is 29.3 Å². The van der Waals surface area contributed by atoms with Crippen LogP contribution in [0.25, 0.3) is 11.0 Å². The van der Waals surface area contributed by atoms with Gasteiger partial charge in [0.2, 0.25) is 0 Å². The average molecular weight is 444 g/mol. The standard InChI is InChI=1S/C20H34FN3O3SSi/c1-14(23-28(26)20(2,3)4)18-17(21)11-15-10-16(12-25)24(19(15)22-18)13-27-8-9-29(5,6)7/h10-11,14,23,25H,8-9,12-13H2,1-7H3/t14-,28+/m1/s1. The summed E-state index contributed by atoms with van der Waals surface area (Å²) in [4.78, 5) is 4.51. The molecule has 2 aromatic heterocycles. The van der Waals surface area contributed by atoms with Crippen LogP contribution in [0.2, 0.25) is 25.7 Å². The Kier molecular flexibility index (Phi) is 7.91. The van der Waals surface area contributed by atoms with Crippen molar-refractivity contribution in [3.63, 3.8) is 0 Å². The third-order valence-electron chi connectivity index (χ3n) is 4.56. The van der Waals surface area contributed by atoms with E-state index in [-0.39, 0.29) is 19.0 Å². The molecular weight excluding hydrogens is 409 g/mol. The molecule has 0 aromatic carbocycles. The van der Waals surface area contributed by atoms with Crippen molar-refractivity contribution in [2.75, 3.05) is 6.61 Å². The molecule has 2 rings (SSSR count). The van der Waals surface area contributed by atoms with Gasteiger partial charge in [0.25, 0.3) is 0 Å². The van der Waals surface area contributed by atoms with Crippen molar-refractivity contribution in [2.45, 2.75) is 77.5 Å². The van der Waals surface area contributed by atoms with Crippen molar-refractivity contribution < 1.29 is 18.8 Å². The zero-order valence-electron chi connectivity index (χ0n) is 18.5. The van der Waals surface area contributed by atoms with Gasteiger partial charge in [-0.05, 0) is 45.9 Å². The van der Waals surface area contributed by atoms with Crippen LogP contribution in [0.3, 0.4) is 0 Å². The van der Waals surface area contributed by atoms with Gasteiger partial charge in [-0.25, -0.2) is 9.37 Å². The predicted molar refractivity (Wildman–Crippen MR) is 119 cm³/mol. The van der Waals surface area contributed by atoms with Gasteiger partial charge in [-0.15, -0.1) is 4.72 Å². The summed E-state index contributed by atoms with van der Waals surface area (Å²) in [5.74, 6) is -0.468. The molecule has 0 saturated heterocycles. The molecule has 0 unspecified atom stereocenters.